The van der Waals surface area contributed by atoms with E-state index in [1.807, 2.05) is 0 Å². The standard InChI is InChI=1S/C27H56N2O2/c1-4-7-10-12-14-16-18-20-23-29(24-21-19-17-15-13-11-8-5-2)25-22-28-27(30)31-26-9-6-3/h4-26H2,1-3H3,(H,28,30). The average molecular weight is 441 g/mol. The highest BCUT2D eigenvalue weighted by atomic mass is 16.5. The summed E-state index contributed by atoms with van der Waals surface area (Å²) < 4.78 is 5.20. The third kappa shape index (κ3) is 23.7. The Balaban J connectivity index is 3.96. The zero-order valence-corrected chi connectivity index (χ0v) is 21.5. The fourth-order valence-electron chi connectivity index (χ4n) is 3.95. The molecule has 0 radical (unpaired) electrons. The number of hydrogen-bond acceptors (Lipinski definition) is 3. The number of unbranched alkanes of at least 4 members (excludes halogenated alkanes) is 15. The van der Waals surface area contributed by atoms with E-state index in [1.54, 1.807) is 0 Å². The van der Waals surface area contributed by atoms with Crippen LogP contribution in [-0.2, 0) is 4.74 Å². The quantitative estimate of drug-likeness (QED) is 0.154. The Morgan fingerprint density at radius 2 is 1.00 bits per heavy atom. The first-order valence-corrected chi connectivity index (χ1v) is 13.9. The lowest BCUT2D eigenvalue weighted by atomic mass is 10.1. The molecule has 0 aliphatic carbocycles. The molecule has 186 valence electrons. The van der Waals surface area contributed by atoms with Crippen molar-refractivity contribution in [2.24, 2.45) is 0 Å². The lowest BCUT2D eigenvalue weighted by molar-refractivity contribution is 0.142. The van der Waals surface area contributed by atoms with E-state index in [0.29, 0.717) is 13.2 Å². The van der Waals surface area contributed by atoms with Gasteiger partial charge >= 0.3 is 6.09 Å². The minimum absolute atomic E-state index is 0.257. The number of carbonyl (C=O) groups is 1. The highest BCUT2D eigenvalue weighted by Crippen LogP contribution is 2.11. The topological polar surface area (TPSA) is 41.6 Å². The minimum Gasteiger partial charge on any atom is -0.450 e. The summed E-state index contributed by atoms with van der Waals surface area (Å²) in [6, 6.07) is 0. The number of ether oxygens (including phenoxy) is 1. The Kier molecular flexibility index (Phi) is 24.9. The predicted molar refractivity (Wildman–Crippen MR) is 136 cm³/mol. The van der Waals surface area contributed by atoms with Crippen LogP contribution in [0, 0.1) is 0 Å². The Morgan fingerprint density at radius 1 is 0.581 bits per heavy atom. The van der Waals surface area contributed by atoms with Crippen molar-refractivity contribution in [3.05, 3.63) is 0 Å². The van der Waals surface area contributed by atoms with Gasteiger partial charge in [-0.3, -0.25) is 0 Å². The molecule has 0 saturated heterocycles. The molecule has 0 aromatic heterocycles. The van der Waals surface area contributed by atoms with Gasteiger partial charge in [-0.2, -0.15) is 0 Å². The van der Waals surface area contributed by atoms with Gasteiger partial charge in [0.15, 0.2) is 0 Å². The lowest BCUT2D eigenvalue weighted by Gasteiger charge is -2.22. The maximum Gasteiger partial charge on any atom is 0.407 e. The van der Waals surface area contributed by atoms with Crippen molar-refractivity contribution in [1.82, 2.24) is 10.2 Å². The van der Waals surface area contributed by atoms with Crippen molar-refractivity contribution in [3.8, 4) is 0 Å². The van der Waals surface area contributed by atoms with Crippen LogP contribution in [0.4, 0.5) is 4.79 Å². The van der Waals surface area contributed by atoms with Gasteiger partial charge in [0.05, 0.1) is 6.61 Å². The number of nitrogens with zero attached hydrogens (tertiary/aromatic N) is 1. The Bertz CT molecular complexity index is 343. The molecule has 1 amide bonds. The van der Waals surface area contributed by atoms with Crippen LogP contribution in [0.3, 0.4) is 0 Å². The molecule has 0 aliphatic rings. The molecule has 0 fully saturated rings. The molecule has 0 heterocycles. The van der Waals surface area contributed by atoms with Crippen LogP contribution >= 0.6 is 0 Å². The number of nitrogens with one attached hydrogen (secondary N) is 1. The summed E-state index contributed by atoms with van der Waals surface area (Å²) in [4.78, 5) is 14.3. The molecule has 31 heavy (non-hydrogen) atoms. The van der Waals surface area contributed by atoms with Crippen LogP contribution in [0.2, 0.25) is 0 Å². The van der Waals surface area contributed by atoms with E-state index < -0.39 is 0 Å². The molecule has 0 aromatic rings. The lowest BCUT2D eigenvalue weighted by Crippen LogP contribution is -2.36. The van der Waals surface area contributed by atoms with Crippen LogP contribution in [0.5, 0.6) is 0 Å². The van der Waals surface area contributed by atoms with E-state index >= 15 is 0 Å². The molecule has 0 saturated carbocycles. The predicted octanol–water partition coefficient (Wildman–Crippen LogP) is 8.10. The van der Waals surface area contributed by atoms with E-state index in [0.717, 1.165) is 32.5 Å². The van der Waals surface area contributed by atoms with Gasteiger partial charge in [-0.15, -0.1) is 0 Å². The monoisotopic (exact) mass is 440 g/mol. The average Bonchev–Trinajstić information content (AvgIpc) is 2.77. The summed E-state index contributed by atoms with van der Waals surface area (Å²) in [7, 11) is 0. The molecule has 0 aromatic carbocycles. The van der Waals surface area contributed by atoms with E-state index in [-0.39, 0.29) is 6.09 Å². The summed E-state index contributed by atoms with van der Waals surface area (Å²) in [6.07, 6.45) is 23.6. The van der Waals surface area contributed by atoms with Gasteiger partial charge in [0.1, 0.15) is 0 Å². The molecule has 4 nitrogen and oxygen atoms in total. The summed E-state index contributed by atoms with van der Waals surface area (Å²) in [6.45, 7) is 11.2. The third-order valence-electron chi connectivity index (χ3n) is 6.08. The summed E-state index contributed by atoms with van der Waals surface area (Å²) in [5.74, 6) is 0. The number of amides is 1. The molecule has 0 bridgehead atoms. The summed E-state index contributed by atoms with van der Waals surface area (Å²) in [5, 5.41) is 2.93. The maximum atomic E-state index is 11.8. The van der Waals surface area contributed by atoms with E-state index in [9.17, 15) is 4.79 Å². The molecule has 0 rings (SSSR count). The van der Waals surface area contributed by atoms with Gasteiger partial charge in [-0.05, 0) is 32.4 Å². The second kappa shape index (κ2) is 25.5. The van der Waals surface area contributed by atoms with Crippen LogP contribution < -0.4 is 5.32 Å². The maximum absolute atomic E-state index is 11.8. The first-order chi connectivity index (χ1) is 15.2. The number of rotatable bonds is 24. The van der Waals surface area contributed by atoms with Crippen molar-refractivity contribution in [3.63, 3.8) is 0 Å². The van der Waals surface area contributed by atoms with Crippen LogP contribution in [-0.4, -0.2) is 43.8 Å². The zero-order valence-electron chi connectivity index (χ0n) is 21.5. The fourth-order valence-corrected chi connectivity index (χ4v) is 3.95. The Morgan fingerprint density at radius 3 is 1.45 bits per heavy atom. The number of alkyl carbamates (subject to hydrolysis) is 1. The highest BCUT2D eigenvalue weighted by Gasteiger charge is 2.07. The molecule has 0 unspecified atom stereocenters. The van der Waals surface area contributed by atoms with E-state index in [4.69, 9.17) is 4.74 Å². The molecular formula is C27H56N2O2. The highest BCUT2D eigenvalue weighted by molar-refractivity contribution is 5.67. The smallest absolute Gasteiger partial charge is 0.407 e. The molecule has 4 heteroatoms. The first kappa shape index (κ1) is 30.2. The van der Waals surface area contributed by atoms with Gasteiger partial charge in [-0.25, -0.2) is 4.79 Å². The first-order valence-electron chi connectivity index (χ1n) is 13.9. The zero-order chi connectivity index (χ0) is 22.8. The molecule has 0 aliphatic heterocycles. The van der Waals surface area contributed by atoms with Crippen molar-refractivity contribution in [2.45, 2.75) is 136 Å². The molecule has 0 spiro atoms. The molecule has 0 atom stereocenters. The molecule has 1 N–H and O–H groups in total. The Hall–Kier alpha value is -0.770. The van der Waals surface area contributed by atoms with Crippen molar-refractivity contribution in [1.29, 1.82) is 0 Å². The van der Waals surface area contributed by atoms with Crippen molar-refractivity contribution >= 4 is 6.09 Å². The van der Waals surface area contributed by atoms with Gasteiger partial charge in [0.25, 0.3) is 0 Å². The SMILES string of the molecule is CCCCCCCCCCN(CCCCCCCCCC)CCNC(=O)OCCCC. The van der Waals surface area contributed by atoms with Gasteiger partial charge in [0, 0.05) is 13.1 Å². The largest absolute Gasteiger partial charge is 0.450 e. The van der Waals surface area contributed by atoms with Gasteiger partial charge < -0.3 is 15.0 Å². The second-order valence-corrected chi connectivity index (χ2v) is 9.21. The number of carbonyl (C=O) groups excluding carboxylic acids is 1. The number of hydrogen-bond donors (Lipinski definition) is 1. The van der Waals surface area contributed by atoms with Crippen molar-refractivity contribution in [2.75, 3.05) is 32.8 Å². The van der Waals surface area contributed by atoms with Crippen LogP contribution in [0.1, 0.15) is 136 Å². The van der Waals surface area contributed by atoms with Gasteiger partial charge in [0.2, 0.25) is 0 Å². The second-order valence-electron chi connectivity index (χ2n) is 9.21. The Labute approximate surface area is 195 Å². The fraction of sp³-hybridized carbons (Fsp3) is 0.963. The van der Waals surface area contributed by atoms with Crippen LogP contribution in [0.15, 0.2) is 0 Å². The van der Waals surface area contributed by atoms with Crippen molar-refractivity contribution < 1.29 is 9.53 Å². The summed E-state index contributed by atoms with van der Waals surface area (Å²) in [5.41, 5.74) is 0. The van der Waals surface area contributed by atoms with Crippen LogP contribution in [0.25, 0.3) is 0 Å². The minimum atomic E-state index is -0.257. The summed E-state index contributed by atoms with van der Waals surface area (Å²) >= 11 is 0. The van der Waals surface area contributed by atoms with E-state index in [2.05, 4.69) is 31.0 Å². The normalized spacial score (nSPS) is 11.2. The molecular weight excluding hydrogens is 384 g/mol. The third-order valence-corrected chi connectivity index (χ3v) is 6.08. The van der Waals surface area contributed by atoms with Gasteiger partial charge in [-0.1, -0.05) is 117 Å². The van der Waals surface area contributed by atoms with E-state index in [1.165, 1.54) is 103 Å².